The molecule has 1 N–H and O–H groups in total. The van der Waals surface area contributed by atoms with Gasteiger partial charge in [0.1, 0.15) is 29.2 Å². The van der Waals surface area contributed by atoms with E-state index in [1.54, 1.807) is 28.8 Å². The number of halogens is 1. The fraction of sp³-hybridized carbons (Fsp3) is 0.367. The van der Waals surface area contributed by atoms with Crippen molar-refractivity contribution in [3.05, 3.63) is 76.1 Å². The zero-order valence-corrected chi connectivity index (χ0v) is 22.4. The van der Waals surface area contributed by atoms with Gasteiger partial charge in [0.05, 0.1) is 12.2 Å². The lowest BCUT2D eigenvalue weighted by Gasteiger charge is -2.33. The molecule has 1 atom stereocenters. The zero-order chi connectivity index (χ0) is 27.1. The summed E-state index contributed by atoms with van der Waals surface area (Å²) in [5.74, 6) is 6.03. The average molecular weight is 545 g/mol. The van der Waals surface area contributed by atoms with Crippen molar-refractivity contribution in [3.63, 3.8) is 0 Å². The quantitative estimate of drug-likeness (QED) is 0.508. The van der Waals surface area contributed by atoms with Crippen LogP contribution >= 0.6 is 11.6 Å². The molecular formula is C30H29ClN4O4. The van der Waals surface area contributed by atoms with Crippen LogP contribution in [0.1, 0.15) is 52.9 Å². The average Bonchev–Trinajstić information content (AvgIpc) is 3.49. The van der Waals surface area contributed by atoms with E-state index < -0.39 is 11.6 Å². The maximum atomic E-state index is 13.6. The Bertz CT molecular complexity index is 1500. The molecule has 3 aliphatic rings. The third kappa shape index (κ3) is 4.77. The van der Waals surface area contributed by atoms with E-state index in [0.29, 0.717) is 60.1 Å². The monoisotopic (exact) mass is 544 g/mol. The highest BCUT2D eigenvalue weighted by Gasteiger charge is 2.41. The number of fused-ring (bicyclic) bond motifs is 2. The predicted molar refractivity (Wildman–Crippen MR) is 147 cm³/mol. The van der Waals surface area contributed by atoms with Crippen molar-refractivity contribution in [1.82, 2.24) is 14.7 Å². The molecule has 0 bridgehead atoms. The van der Waals surface area contributed by atoms with Crippen molar-refractivity contribution in [3.8, 4) is 17.6 Å². The summed E-state index contributed by atoms with van der Waals surface area (Å²) in [5.41, 5.74) is 2.38. The first-order valence-corrected chi connectivity index (χ1v) is 13.6. The third-order valence-electron chi connectivity index (χ3n) is 7.80. The lowest BCUT2D eigenvalue weighted by molar-refractivity contribution is -0.123. The van der Waals surface area contributed by atoms with Gasteiger partial charge >= 0.3 is 0 Å². The van der Waals surface area contributed by atoms with Crippen molar-refractivity contribution < 1.29 is 19.4 Å². The van der Waals surface area contributed by atoms with E-state index in [-0.39, 0.29) is 24.1 Å². The molecule has 9 heteroatoms. The number of aromatic nitrogens is 2. The Morgan fingerprint density at radius 1 is 1.15 bits per heavy atom. The number of benzene rings is 2. The largest absolute Gasteiger partial charge is 0.489 e. The van der Waals surface area contributed by atoms with Gasteiger partial charge in [-0.1, -0.05) is 53.8 Å². The van der Waals surface area contributed by atoms with Crippen LogP contribution < -0.4 is 9.64 Å². The van der Waals surface area contributed by atoms with Gasteiger partial charge in [0.25, 0.3) is 11.8 Å². The topological polar surface area (TPSA) is 87.9 Å². The van der Waals surface area contributed by atoms with Gasteiger partial charge in [0, 0.05) is 24.7 Å². The van der Waals surface area contributed by atoms with Gasteiger partial charge in [-0.05, 0) is 55.9 Å². The molecule has 39 heavy (non-hydrogen) atoms. The fourth-order valence-corrected chi connectivity index (χ4v) is 5.85. The highest BCUT2D eigenvalue weighted by molar-refractivity contribution is 6.31. The van der Waals surface area contributed by atoms with E-state index in [4.69, 9.17) is 16.3 Å². The standard InChI is InChI=1S/C30H29ClN4O4/c1-33-23-10-9-20(11-15-30(38)13-5-6-14-30)17-25(23)39-19-24(28(33)36)34-16-12-22-26(29(34)37)32-35(27(22)31)18-21-7-3-2-4-8-21/h2-4,7-10,17,24,38H,5-6,12-14,16,18-19H2,1H3/t24-/m1/s1. The second-order valence-electron chi connectivity index (χ2n) is 10.4. The number of likely N-dealkylation sites (N-methyl/N-ethyl adjacent to an activating group) is 1. The van der Waals surface area contributed by atoms with Crippen LogP contribution in [-0.4, -0.2) is 63.4 Å². The van der Waals surface area contributed by atoms with Gasteiger partial charge in [-0.2, -0.15) is 5.10 Å². The number of aliphatic hydroxyl groups is 1. The third-order valence-corrected chi connectivity index (χ3v) is 8.23. The number of rotatable bonds is 3. The second-order valence-corrected chi connectivity index (χ2v) is 10.8. The van der Waals surface area contributed by atoms with E-state index in [1.165, 1.54) is 4.90 Å². The number of ether oxygens (including phenoxy) is 1. The molecule has 2 amide bonds. The Labute approximate surface area is 232 Å². The fourth-order valence-electron chi connectivity index (χ4n) is 5.56. The van der Waals surface area contributed by atoms with Crippen molar-refractivity contribution in [2.24, 2.45) is 0 Å². The Kier molecular flexibility index (Phi) is 6.57. The summed E-state index contributed by atoms with van der Waals surface area (Å²) in [5, 5.41) is 15.6. The molecule has 0 spiro atoms. The molecule has 1 aliphatic carbocycles. The van der Waals surface area contributed by atoms with E-state index in [9.17, 15) is 14.7 Å². The number of hydrogen-bond donors (Lipinski definition) is 1. The lowest BCUT2D eigenvalue weighted by Crippen LogP contribution is -2.54. The number of hydrogen-bond acceptors (Lipinski definition) is 5. The molecule has 1 fully saturated rings. The van der Waals surface area contributed by atoms with Crippen molar-refractivity contribution in [2.75, 3.05) is 25.1 Å². The Morgan fingerprint density at radius 2 is 1.92 bits per heavy atom. The molecule has 1 saturated carbocycles. The lowest BCUT2D eigenvalue weighted by atomic mass is 10.0. The molecule has 3 heterocycles. The van der Waals surface area contributed by atoms with Crippen LogP contribution in [0, 0.1) is 11.8 Å². The SMILES string of the molecule is CN1C(=O)[C@H](N2CCc3c(nn(Cc4ccccc4)c3Cl)C2=O)COc2cc(C#CC3(O)CCCC3)ccc21. The number of amides is 2. The van der Waals surface area contributed by atoms with Crippen LogP contribution in [0.4, 0.5) is 5.69 Å². The van der Waals surface area contributed by atoms with Gasteiger partial charge in [-0.15, -0.1) is 0 Å². The number of carbonyl (C=O) groups is 2. The van der Waals surface area contributed by atoms with Crippen LogP contribution in [0.25, 0.3) is 0 Å². The number of anilines is 1. The van der Waals surface area contributed by atoms with E-state index >= 15 is 0 Å². The van der Waals surface area contributed by atoms with Crippen LogP contribution in [-0.2, 0) is 17.8 Å². The van der Waals surface area contributed by atoms with Crippen LogP contribution in [0.3, 0.4) is 0 Å². The van der Waals surface area contributed by atoms with Crippen LogP contribution in [0.15, 0.2) is 48.5 Å². The molecule has 3 aromatic rings. The summed E-state index contributed by atoms with van der Waals surface area (Å²) in [6.45, 7) is 0.796. The van der Waals surface area contributed by atoms with Gasteiger partial charge in [-0.25, -0.2) is 4.68 Å². The molecule has 8 nitrogen and oxygen atoms in total. The number of nitrogens with zero attached hydrogens (tertiary/aromatic N) is 4. The zero-order valence-electron chi connectivity index (χ0n) is 21.7. The second kappa shape index (κ2) is 10.1. The molecule has 0 unspecified atom stereocenters. The molecule has 0 radical (unpaired) electrons. The maximum Gasteiger partial charge on any atom is 0.275 e. The summed E-state index contributed by atoms with van der Waals surface area (Å²) >= 11 is 6.62. The van der Waals surface area contributed by atoms with Crippen molar-refractivity contribution in [1.29, 1.82) is 0 Å². The molecule has 2 aromatic carbocycles. The summed E-state index contributed by atoms with van der Waals surface area (Å²) in [4.78, 5) is 30.2. The van der Waals surface area contributed by atoms with E-state index in [0.717, 1.165) is 18.4 Å². The minimum Gasteiger partial charge on any atom is -0.489 e. The van der Waals surface area contributed by atoms with Gasteiger partial charge in [-0.3, -0.25) is 9.59 Å². The van der Waals surface area contributed by atoms with Crippen LogP contribution in [0.2, 0.25) is 5.15 Å². The Morgan fingerprint density at radius 3 is 2.69 bits per heavy atom. The first kappa shape index (κ1) is 25.5. The Balaban J connectivity index is 1.22. The molecule has 200 valence electrons. The van der Waals surface area contributed by atoms with Crippen molar-refractivity contribution >= 4 is 29.1 Å². The molecule has 6 rings (SSSR count). The van der Waals surface area contributed by atoms with Gasteiger partial charge in [0.15, 0.2) is 5.69 Å². The summed E-state index contributed by atoms with van der Waals surface area (Å²) in [6.07, 6.45) is 3.81. The smallest absolute Gasteiger partial charge is 0.275 e. The molecule has 1 aromatic heterocycles. The first-order chi connectivity index (χ1) is 18.8. The van der Waals surface area contributed by atoms with Crippen LogP contribution in [0.5, 0.6) is 5.75 Å². The highest BCUT2D eigenvalue weighted by Crippen LogP contribution is 2.35. The van der Waals surface area contributed by atoms with E-state index in [2.05, 4.69) is 16.9 Å². The highest BCUT2D eigenvalue weighted by atomic mass is 35.5. The van der Waals surface area contributed by atoms with Gasteiger partial charge < -0.3 is 19.6 Å². The maximum absolute atomic E-state index is 13.6. The minimum absolute atomic E-state index is 0.0104. The summed E-state index contributed by atoms with van der Waals surface area (Å²) in [6, 6.07) is 14.4. The molecule has 0 saturated heterocycles. The first-order valence-electron chi connectivity index (χ1n) is 13.2. The molecule has 2 aliphatic heterocycles. The molecular weight excluding hydrogens is 516 g/mol. The summed E-state index contributed by atoms with van der Waals surface area (Å²) < 4.78 is 7.74. The Hall–Kier alpha value is -3.80. The van der Waals surface area contributed by atoms with Crippen molar-refractivity contribution in [2.45, 2.75) is 50.3 Å². The van der Waals surface area contributed by atoms with E-state index in [1.807, 2.05) is 36.4 Å². The number of carbonyl (C=O) groups excluding carboxylic acids is 2. The normalized spacial score (nSPS) is 20.0. The summed E-state index contributed by atoms with van der Waals surface area (Å²) in [7, 11) is 1.68. The van der Waals surface area contributed by atoms with Gasteiger partial charge in [0.2, 0.25) is 0 Å². The minimum atomic E-state index is -0.935. The predicted octanol–water partition coefficient (Wildman–Crippen LogP) is 3.66.